The minimum absolute atomic E-state index is 0.0120. The zero-order valence-electron chi connectivity index (χ0n) is 18.0. The Morgan fingerprint density at radius 1 is 1.22 bits per heavy atom. The van der Waals surface area contributed by atoms with Crippen molar-refractivity contribution in [2.45, 2.75) is 56.4 Å². The first kappa shape index (κ1) is 27.5. The van der Waals surface area contributed by atoms with Crippen LogP contribution < -0.4 is 16.8 Å². The second kappa shape index (κ2) is 13.8. The van der Waals surface area contributed by atoms with Gasteiger partial charge in [-0.05, 0) is 49.9 Å². The fourth-order valence-corrected chi connectivity index (χ4v) is 4.07. The topological polar surface area (TPSA) is 193 Å². The normalized spacial score (nSPS) is 23.1. The number of hydrogen-bond donors (Lipinski definition) is 6. The van der Waals surface area contributed by atoms with Crippen LogP contribution in [0.25, 0.3) is 0 Å². The molecule has 1 amide bonds. The second-order valence-electron chi connectivity index (χ2n) is 8.21. The Labute approximate surface area is 187 Å². The summed E-state index contributed by atoms with van der Waals surface area (Å²) < 4.78 is 0. The number of carboxylic acids is 1. The molecule has 0 saturated heterocycles. The van der Waals surface area contributed by atoms with Gasteiger partial charge in [0.25, 0.3) is 0 Å². The number of aliphatic carboxylic acids is 1. The molecule has 0 aromatic heterocycles. The van der Waals surface area contributed by atoms with Crippen molar-refractivity contribution in [3.05, 3.63) is 35.9 Å². The highest BCUT2D eigenvalue weighted by Crippen LogP contribution is 2.38. The highest BCUT2D eigenvalue weighted by atomic mass is 16.4. The molecule has 1 fully saturated rings. The predicted octanol–water partition coefficient (Wildman–Crippen LogP) is -0.459. The average Bonchev–Trinajstić information content (AvgIpc) is 2.76. The average molecular weight is 449 g/mol. The first-order chi connectivity index (χ1) is 15.1. The number of hydrogen-bond acceptors (Lipinski definition) is 8. The molecule has 1 aromatic rings. The number of amides is 1. The van der Waals surface area contributed by atoms with Gasteiger partial charge in [0, 0.05) is 12.5 Å². The Hall–Kier alpha value is -2.56. The minimum Gasteiger partial charge on any atom is -0.480 e. The van der Waals surface area contributed by atoms with E-state index in [1.807, 2.05) is 30.3 Å². The molecule has 0 aliphatic heterocycles. The molecule has 11 heteroatoms. The monoisotopic (exact) mass is 449 g/mol. The van der Waals surface area contributed by atoms with Gasteiger partial charge in [0.15, 0.2) is 0 Å². The highest BCUT2D eigenvalue weighted by molar-refractivity contribution is 6.40. The van der Waals surface area contributed by atoms with Crippen molar-refractivity contribution in [3.8, 4) is 0 Å². The summed E-state index contributed by atoms with van der Waals surface area (Å²) in [6, 6.07) is 9.09. The molecule has 0 bridgehead atoms. The van der Waals surface area contributed by atoms with Crippen LogP contribution in [-0.2, 0) is 25.6 Å². The van der Waals surface area contributed by atoms with Crippen molar-refractivity contribution in [2.24, 2.45) is 23.3 Å². The molecule has 2 rings (SSSR count). The Kier molecular flexibility index (Phi) is 11.8. The molecule has 0 unspecified atom stereocenters. The molecule has 176 valence electrons. The third-order valence-corrected chi connectivity index (χ3v) is 5.96. The number of carbonyl (C=O) groups excluding carboxylic acids is 3. The number of aryl methyl sites for hydroxylation is 1. The molecule has 8 N–H and O–H groups in total. The molecule has 0 radical (unpaired) electrons. The van der Waals surface area contributed by atoms with Crippen LogP contribution in [0, 0.1) is 11.8 Å². The van der Waals surface area contributed by atoms with E-state index in [9.17, 15) is 14.7 Å². The van der Waals surface area contributed by atoms with E-state index in [1.165, 1.54) is 0 Å². The SMILES string of the molecule is N[C@@H](CCc1ccccc1)C(=O)NC[C@@H]1CC[C@@H](CCB(O)O)C[C@]1(N)C(=O)O.O=C=O. The summed E-state index contributed by atoms with van der Waals surface area (Å²) in [6.45, 7) is 0.163. The minimum atomic E-state index is -1.45. The van der Waals surface area contributed by atoms with Gasteiger partial charge in [0.05, 0.1) is 6.04 Å². The Bertz CT molecular complexity index is 759. The molecule has 1 aliphatic carbocycles. The van der Waals surface area contributed by atoms with Crippen LogP contribution in [0.4, 0.5) is 0 Å². The molecule has 1 aliphatic rings. The molecule has 1 aromatic carbocycles. The van der Waals surface area contributed by atoms with Crippen LogP contribution >= 0.6 is 0 Å². The molecular weight excluding hydrogens is 417 g/mol. The smallest absolute Gasteiger partial charge is 0.451 e. The summed E-state index contributed by atoms with van der Waals surface area (Å²) in [4.78, 5) is 40.4. The van der Waals surface area contributed by atoms with Gasteiger partial charge in [-0.3, -0.25) is 9.59 Å². The lowest BCUT2D eigenvalue weighted by Gasteiger charge is -2.41. The van der Waals surface area contributed by atoms with E-state index in [0.29, 0.717) is 25.7 Å². The summed E-state index contributed by atoms with van der Waals surface area (Å²) in [7, 11) is -1.40. The maximum atomic E-state index is 12.3. The van der Waals surface area contributed by atoms with E-state index >= 15 is 0 Å². The van der Waals surface area contributed by atoms with Crippen LogP contribution in [0.1, 0.15) is 37.7 Å². The van der Waals surface area contributed by atoms with Crippen molar-refractivity contribution in [3.63, 3.8) is 0 Å². The van der Waals surface area contributed by atoms with Gasteiger partial charge in [0.2, 0.25) is 5.91 Å². The number of nitrogens with two attached hydrogens (primary N) is 2. The lowest BCUT2D eigenvalue weighted by molar-refractivity contribution is -0.191. The quantitative estimate of drug-likeness (QED) is 0.256. The largest absolute Gasteiger partial charge is 0.480 e. The summed E-state index contributed by atoms with van der Waals surface area (Å²) >= 11 is 0. The molecule has 10 nitrogen and oxygen atoms in total. The zero-order chi connectivity index (χ0) is 24.1. The summed E-state index contributed by atoms with van der Waals surface area (Å²) in [5, 5.41) is 30.5. The fourth-order valence-electron chi connectivity index (χ4n) is 4.07. The van der Waals surface area contributed by atoms with Gasteiger partial charge < -0.3 is 31.9 Å². The number of carbonyl (C=O) groups is 2. The Balaban J connectivity index is 0.00000161. The zero-order valence-corrected chi connectivity index (χ0v) is 18.0. The number of rotatable bonds is 10. The highest BCUT2D eigenvalue weighted by Gasteiger charge is 2.47. The van der Waals surface area contributed by atoms with Crippen LogP contribution in [0.2, 0.25) is 6.32 Å². The van der Waals surface area contributed by atoms with Crippen LogP contribution in [0.3, 0.4) is 0 Å². The first-order valence-electron chi connectivity index (χ1n) is 10.6. The lowest BCUT2D eigenvalue weighted by Crippen LogP contribution is -2.60. The van der Waals surface area contributed by atoms with E-state index in [0.717, 1.165) is 12.0 Å². The second-order valence-corrected chi connectivity index (χ2v) is 8.21. The van der Waals surface area contributed by atoms with Gasteiger partial charge >= 0.3 is 19.2 Å². The summed E-state index contributed by atoms with van der Waals surface area (Å²) in [5.41, 5.74) is 11.9. The summed E-state index contributed by atoms with van der Waals surface area (Å²) in [5.74, 6) is -1.79. The summed E-state index contributed by atoms with van der Waals surface area (Å²) in [6.07, 6.45) is 3.67. The third kappa shape index (κ3) is 8.90. The van der Waals surface area contributed by atoms with E-state index in [-0.39, 0.29) is 37.3 Å². The van der Waals surface area contributed by atoms with E-state index in [2.05, 4.69) is 5.32 Å². The number of carboxylic acid groups (broad SMARTS) is 1. The maximum absolute atomic E-state index is 12.3. The first-order valence-corrected chi connectivity index (χ1v) is 10.6. The van der Waals surface area contributed by atoms with Crippen LogP contribution in [0.15, 0.2) is 30.3 Å². The van der Waals surface area contributed by atoms with E-state index < -0.39 is 30.6 Å². The van der Waals surface area contributed by atoms with E-state index in [4.69, 9.17) is 31.1 Å². The van der Waals surface area contributed by atoms with Crippen molar-refractivity contribution < 1.29 is 34.3 Å². The van der Waals surface area contributed by atoms with Crippen molar-refractivity contribution >= 4 is 25.1 Å². The molecular formula is C21H32BN3O7. The van der Waals surface area contributed by atoms with Gasteiger partial charge in [0.1, 0.15) is 5.54 Å². The van der Waals surface area contributed by atoms with Crippen LogP contribution in [0.5, 0.6) is 0 Å². The lowest BCUT2D eigenvalue weighted by atomic mass is 9.66. The number of nitrogens with one attached hydrogen (secondary N) is 1. The van der Waals surface area contributed by atoms with Crippen molar-refractivity contribution in [2.75, 3.05) is 6.54 Å². The van der Waals surface area contributed by atoms with Gasteiger partial charge in [-0.15, -0.1) is 0 Å². The standard InChI is InChI=1S/C20H32BN3O5.CO2/c22-17(9-7-14-4-2-1-3-5-14)18(25)24-13-16-8-6-15(10-11-21(28)29)12-20(16,23)19(26)27;2-1-3/h1-5,15-17,28-29H,6-13,22-23H2,(H,24,25)(H,26,27);/t15-,16-,17-,20+;/m0./s1. The van der Waals surface area contributed by atoms with Gasteiger partial charge in [-0.25, -0.2) is 0 Å². The van der Waals surface area contributed by atoms with Crippen LogP contribution in [-0.4, -0.2) is 58.4 Å². The number of benzene rings is 1. The van der Waals surface area contributed by atoms with Gasteiger partial charge in [-0.2, -0.15) is 9.59 Å². The molecule has 0 spiro atoms. The molecule has 4 atom stereocenters. The predicted molar refractivity (Wildman–Crippen MR) is 116 cm³/mol. The van der Waals surface area contributed by atoms with Crippen molar-refractivity contribution in [1.29, 1.82) is 0 Å². The maximum Gasteiger partial charge on any atom is 0.451 e. The molecule has 32 heavy (non-hydrogen) atoms. The fraction of sp³-hybridized carbons (Fsp3) is 0.571. The Morgan fingerprint density at radius 2 is 1.84 bits per heavy atom. The van der Waals surface area contributed by atoms with Crippen molar-refractivity contribution in [1.82, 2.24) is 5.32 Å². The molecule has 1 saturated carbocycles. The third-order valence-electron chi connectivity index (χ3n) is 5.96. The van der Waals surface area contributed by atoms with E-state index in [1.54, 1.807) is 0 Å². The van der Waals surface area contributed by atoms with Gasteiger partial charge in [-0.1, -0.05) is 36.8 Å². The Morgan fingerprint density at radius 3 is 2.41 bits per heavy atom. The molecule has 0 heterocycles.